The Morgan fingerprint density at radius 3 is 2.81 bits per heavy atom. The number of nitro benzene ring substituents is 1. The standard InChI is InChI=1S/C12H16FN3O4S/c1-9-3-2-6-15(8-9)21(19,20)14-10-4-5-11(13)12(7-10)16(17)18/h4-5,7,9,14H,2-3,6,8H2,1H3. The minimum atomic E-state index is -3.79. The average molecular weight is 317 g/mol. The van der Waals surface area contributed by atoms with Crippen molar-refractivity contribution in [1.29, 1.82) is 0 Å². The molecule has 0 bridgehead atoms. The highest BCUT2D eigenvalue weighted by molar-refractivity contribution is 7.90. The van der Waals surface area contributed by atoms with Gasteiger partial charge in [0.25, 0.3) is 0 Å². The summed E-state index contributed by atoms with van der Waals surface area (Å²) in [6.07, 6.45) is 1.74. The van der Waals surface area contributed by atoms with E-state index in [9.17, 15) is 22.9 Å². The van der Waals surface area contributed by atoms with E-state index in [0.29, 0.717) is 13.1 Å². The topological polar surface area (TPSA) is 92.6 Å². The molecule has 1 aliphatic heterocycles. The molecule has 7 nitrogen and oxygen atoms in total. The van der Waals surface area contributed by atoms with Crippen LogP contribution in [0.5, 0.6) is 0 Å². The Morgan fingerprint density at radius 2 is 2.19 bits per heavy atom. The molecule has 0 aliphatic carbocycles. The summed E-state index contributed by atoms with van der Waals surface area (Å²) in [5.41, 5.74) is -0.788. The largest absolute Gasteiger partial charge is 0.306 e. The first-order chi connectivity index (χ1) is 9.79. The number of nitrogens with one attached hydrogen (secondary N) is 1. The van der Waals surface area contributed by atoms with Gasteiger partial charge in [0.05, 0.1) is 10.6 Å². The Morgan fingerprint density at radius 1 is 1.48 bits per heavy atom. The lowest BCUT2D eigenvalue weighted by Crippen LogP contribution is -2.42. The van der Waals surface area contributed by atoms with Gasteiger partial charge in [0.15, 0.2) is 0 Å². The fraction of sp³-hybridized carbons (Fsp3) is 0.500. The number of piperidine rings is 1. The van der Waals surface area contributed by atoms with Crippen LogP contribution in [0.15, 0.2) is 18.2 Å². The van der Waals surface area contributed by atoms with Crippen LogP contribution in [0.3, 0.4) is 0 Å². The van der Waals surface area contributed by atoms with Crippen LogP contribution in [0.4, 0.5) is 15.8 Å². The van der Waals surface area contributed by atoms with E-state index in [1.807, 2.05) is 6.92 Å². The van der Waals surface area contributed by atoms with Gasteiger partial charge in [-0.2, -0.15) is 17.1 Å². The maximum atomic E-state index is 13.2. The van der Waals surface area contributed by atoms with Gasteiger partial charge >= 0.3 is 15.9 Å². The van der Waals surface area contributed by atoms with Gasteiger partial charge in [0.2, 0.25) is 5.82 Å². The van der Waals surface area contributed by atoms with E-state index in [2.05, 4.69) is 4.72 Å². The summed E-state index contributed by atoms with van der Waals surface area (Å²) >= 11 is 0. The van der Waals surface area contributed by atoms with E-state index in [1.54, 1.807) is 0 Å². The highest BCUT2D eigenvalue weighted by Crippen LogP contribution is 2.24. The molecule has 2 rings (SSSR count). The molecule has 0 amide bonds. The molecule has 1 fully saturated rings. The molecule has 1 heterocycles. The molecule has 9 heteroatoms. The van der Waals surface area contributed by atoms with Crippen LogP contribution in [0.2, 0.25) is 0 Å². The van der Waals surface area contributed by atoms with Gasteiger partial charge in [-0.1, -0.05) is 6.92 Å². The quantitative estimate of drug-likeness (QED) is 0.680. The lowest BCUT2D eigenvalue weighted by atomic mass is 10.0. The molecule has 0 spiro atoms. The van der Waals surface area contributed by atoms with Gasteiger partial charge in [-0.15, -0.1) is 0 Å². The van der Waals surface area contributed by atoms with E-state index < -0.39 is 26.6 Å². The van der Waals surface area contributed by atoms with Crippen LogP contribution in [0, 0.1) is 21.8 Å². The Hall–Kier alpha value is -1.74. The molecule has 1 N–H and O–H groups in total. The zero-order valence-corrected chi connectivity index (χ0v) is 12.3. The van der Waals surface area contributed by atoms with Crippen molar-refractivity contribution in [3.05, 3.63) is 34.1 Å². The highest BCUT2D eigenvalue weighted by Gasteiger charge is 2.27. The summed E-state index contributed by atoms with van der Waals surface area (Å²) in [5.74, 6) is -0.743. The summed E-state index contributed by atoms with van der Waals surface area (Å²) in [7, 11) is -3.79. The summed E-state index contributed by atoms with van der Waals surface area (Å²) in [6, 6.07) is 2.91. The Balaban J connectivity index is 2.20. The van der Waals surface area contributed by atoms with Crippen molar-refractivity contribution in [2.24, 2.45) is 5.92 Å². The van der Waals surface area contributed by atoms with Crippen LogP contribution < -0.4 is 4.72 Å². The van der Waals surface area contributed by atoms with Crippen molar-refractivity contribution in [3.8, 4) is 0 Å². The van der Waals surface area contributed by atoms with E-state index in [4.69, 9.17) is 0 Å². The van der Waals surface area contributed by atoms with Gasteiger partial charge in [-0.3, -0.25) is 14.8 Å². The maximum Gasteiger partial charge on any atom is 0.306 e. The van der Waals surface area contributed by atoms with Crippen molar-refractivity contribution < 1.29 is 17.7 Å². The molecule has 0 aromatic heterocycles. The zero-order valence-electron chi connectivity index (χ0n) is 11.5. The third kappa shape index (κ3) is 3.67. The van der Waals surface area contributed by atoms with Crippen molar-refractivity contribution in [3.63, 3.8) is 0 Å². The first kappa shape index (κ1) is 15.6. The van der Waals surface area contributed by atoms with E-state index >= 15 is 0 Å². The van der Waals surface area contributed by atoms with Gasteiger partial charge in [0.1, 0.15) is 0 Å². The predicted octanol–water partition coefficient (Wildman–Crippen LogP) is 2.12. The Labute approximate surface area is 122 Å². The van der Waals surface area contributed by atoms with Crippen LogP contribution in [0.25, 0.3) is 0 Å². The van der Waals surface area contributed by atoms with Crippen molar-refractivity contribution in [2.75, 3.05) is 17.8 Å². The summed E-state index contributed by atoms with van der Waals surface area (Å²) in [5, 5.41) is 10.7. The molecule has 116 valence electrons. The van der Waals surface area contributed by atoms with E-state index in [-0.39, 0.29) is 11.6 Å². The minimum Gasteiger partial charge on any atom is -0.271 e. The smallest absolute Gasteiger partial charge is 0.271 e. The average Bonchev–Trinajstić information content (AvgIpc) is 2.40. The number of benzene rings is 1. The normalized spacial score (nSPS) is 20.2. The molecule has 21 heavy (non-hydrogen) atoms. The van der Waals surface area contributed by atoms with E-state index in [0.717, 1.165) is 31.0 Å². The second-order valence-corrected chi connectivity index (χ2v) is 6.81. The van der Waals surface area contributed by atoms with Crippen LogP contribution in [-0.4, -0.2) is 30.7 Å². The molecule has 1 aromatic carbocycles. The van der Waals surface area contributed by atoms with Gasteiger partial charge in [-0.05, 0) is 30.9 Å². The van der Waals surface area contributed by atoms with Gasteiger partial charge < -0.3 is 0 Å². The number of nitrogens with zero attached hydrogens (tertiary/aromatic N) is 2. The number of anilines is 1. The second-order valence-electron chi connectivity index (χ2n) is 5.14. The van der Waals surface area contributed by atoms with Crippen LogP contribution in [0.1, 0.15) is 19.8 Å². The first-order valence-electron chi connectivity index (χ1n) is 6.51. The minimum absolute atomic E-state index is 0.0265. The van der Waals surface area contributed by atoms with E-state index in [1.165, 1.54) is 4.31 Å². The molecule has 0 radical (unpaired) electrons. The van der Waals surface area contributed by atoms with Crippen molar-refractivity contribution in [2.45, 2.75) is 19.8 Å². The molecule has 1 unspecified atom stereocenters. The highest BCUT2D eigenvalue weighted by atomic mass is 32.2. The monoisotopic (exact) mass is 317 g/mol. The lowest BCUT2D eigenvalue weighted by Gasteiger charge is -2.30. The number of nitro groups is 1. The molecular weight excluding hydrogens is 301 g/mol. The first-order valence-corrected chi connectivity index (χ1v) is 7.95. The number of hydrogen-bond donors (Lipinski definition) is 1. The number of hydrogen-bond acceptors (Lipinski definition) is 4. The number of rotatable bonds is 4. The summed E-state index contributed by atoms with van der Waals surface area (Å²) < 4.78 is 41.2. The Bertz CT molecular complexity index is 650. The lowest BCUT2D eigenvalue weighted by molar-refractivity contribution is -0.387. The Kier molecular flexibility index (Phi) is 4.43. The third-order valence-corrected chi connectivity index (χ3v) is 4.85. The van der Waals surface area contributed by atoms with Crippen molar-refractivity contribution >= 4 is 21.6 Å². The summed E-state index contributed by atoms with van der Waals surface area (Å²) in [6.45, 7) is 2.77. The third-order valence-electron chi connectivity index (χ3n) is 3.35. The van der Waals surface area contributed by atoms with Gasteiger partial charge in [-0.25, -0.2) is 0 Å². The van der Waals surface area contributed by atoms with Crippen LogP contribution in [-0.2, 0) is 10.2 Å². The predicted molar refractivity (Wildman–Crippen MR) is 75.6 cm³/mol. The molecule has 1 aliphatic rings. The molecule has 1 aromatic rings. The molecule has 1 saturated heterocycles. The fourth-order valence-corrected chi connectivity index (χ4v) is 3.67. The fourth-order valence-electron chi connectivity index (χ4n) is 2.29. The van der Waals surface area contributed by atoms with Crippen LogP contribution >= 0.6 is 0 Å². The molecule has 1 atom stereocenters. The number of halogens is 1. The molecule has 0 saturated carbocycles. The van der Waals surface area contributed by atoms with Crippen molar-refractivity contribution in [1.82, 2.24) is 4.31 Å². The SMILES string of the molecule is CC1CCCN(S(=O)(=O)Nc2ccc(F)c([N+](=O)[O-])c2)C1. The maximum absolute atomic E-state index is 13.2. The van der Waals surface area contributed by atoms with Gasteiger partial charge in [0, 0.05) is 19.2 Å². The summed E-state index contributed by atoms with van der Waals surface area (Å²) in [4.78, 5) is 9.77. The molecular formula is C12H16FN3O4S. The second kappa shape index (κ2) is 5.94. The zero-order chi connectivity index (χ0) is 15.6.